The molecule has 1 heterocycles. The molecule has 0 aliphatic rings. The number of rotatable bonds is 3. The lowest BCUT2D eigenvalue weighted by molar-refractivity contribution is 0.255. The SMILES string of the molecule is O=C(N/C=C/c1ccco1)Nc1ccc(F)cc1. The summed E-state index contributed by atoms with van der Waals surface area (Å²) in [5.74, 6) is 0.288. The summed E-state index contributed by atoms with van der Waals surface area (Å²) < 4.78 is 17.7. The highest BCUT2D eigenvalue weighted by molar-refractivity contribution is 5.90. The summed E-state index contributed by atoms with van der Waals surface area (Å²) in [7, 11) is 0. The van der Waals surface area contributed by atoms with Crippen LogP contribution in [0.15, 0.2) is 53.3 Å². The zero-order valence-corrected chi connectivity index (χ0v) is 9.39. The van der Waals surface area contributed by atoms with Gasteiger partial charge in [-0.05, 0) is 42.5 Å². The van der Waals surface area contributed by atoms with Crippen molar-refractivity contribution in [3.63, 3.8) is 0 Å². The van der Waals surface area contributed by atoms with E-state index >= 15 is 0 Å². The van der Waals surface area contributed by atoms with Gasteiger partial charge in [-0.2, -0.15) is 0 Å². The lowest BCUT2D eigenvalue weighted by atomic mass is 10.3. The smallest absolute Gasteiger partial charge is 0.323 e. The molecule has 0 unspecified atom stereocenters. The molecule has 2 aromatic rings. The minimum Gasteiger partial charge on any atom is -0.465 e. The number of furan rings is 1. The van der Waals surface area contributed by atoms with Crippen molar-refractivity contribution in [2.24, 2.45) is 0 Å². The lowest BCUT2D eigenvalue weighted by Crippen LogP contribution is -2.23. The average Bonchev–Trinajstić information content (AvgIpc) is 2.85. The Labute approximate surface area is 103 Å². The van der Waals surface area contributed by atoms with Gasteiger partial charge < -0.3 is 15.1 Å². The Morgan fingerprint density at radius 2 is 2.00 bits per heavy atom. The zero-order chi connectivity index (χ0) is 12.8. The first-order valence-corrected chi connectivity index (χ1v) is 5.27. The van der Waals surface area contributed by atoms with Crippen LogP contribution in [0.1, 0.15) is 5.76 Å². The number of hydrogen-bond acceptors (Lipinski definition) is 2. The third kappa shape index (κ3) is 3.48. The van der Waals surface area contributed by atoms with Gasteiger partial charge in [0, 0.05) is 11.9 Å². The molecule has 0 spiro atoms. The Bertz CT molecular complexity index is 533. The number of carbonyl (C=O) groups excluding carboxylic acids is 1. The van der Waals surface area contributed by atoms with E-state index in [1.54, 1.807) is 18.2 Å². The highest BCUT2D eigenvalue weighted by Gasteiger charge is 1.99. The highest BCUT2D eigenvalue weighted by Crippen LogP contribution is 2.07. The number of halogens is 1. The van der Waals surface area contributed by atoms with Crippen molar-refractivity contribution in [2.45, 2.75) is 0 Å². The molecule has 0 aliphatic heterocycles. The van der Waals surface area contributed by atoms with Crippen molar-refractivity contribution in [1.29, 1.82) is 0 Å². The van der Waals surface area contributed by atoms with E-state index in [0.29, 0.717) is 11.4 Å². The van der Waals surface area contributed by atoms with E-state index in [1.165, 1.54) is 36.7 Å². The Balaban J connectivity index is 1.84. The van der Waals surface area contributed by atoms with Crippen LogP contribution >= 0.6 is 0 Å². The summed E-state index contributed by atoms with van der Waals surface area (Å²) in [4.78, 5) is 11.4. The molecular formula is C13H11FN2O2. The highest BCUT2D eigenvalue weighted by atomic mass is 19.1. The van der Waals surface area contributed by atoms with Crippen LogP contribution in [-0.4, -0.2) is 6.03 Å². The van der Waals surface area contributed by atoms with Crippen molar-refractivity contribution in [3.05, 3.63) is 60.4 Å². The largest absolute Gasteiger partial charge is 0.465 e. The first kappa shape index (κ1) is 11.9. The maximum absolute atomic E-state index is 12.6. The molecule has 4 nitrogen and oxygen atoms in total. The van der Waals surface area contributed by atoms with Gasteiger partial charge in [0.1, 0.15) is 11.6 Å². The quantitative estimate of drug-likeness (QED) is 0.873. The number of urea groups is 1. The van der Waals surface area contributed by atoms with Gasteiger partial charge in [-0.3, -0.25) is 0 Å². The zero-order valence-electron chi connectivity index (χ0n) is 9.39. The lowest BCUT2D eigenvalue weighted by Gasteiger charge is -2.03. The molecule has 0 atom stereocenters. The number of nitrogens with one attached hydrogen (secondary N) is 2. The van der Waals surface area contributed by atoms with Crippen LogP contribution < -0.4 is 10.6 Å². The Hall–Kier alpha value is -2.56. The summed E-state index contributed by atoms with van der Waals surface area (Å²) in [6.07, 6.45) is 4.61. The molecule has 2 rings (SSSR count). The van der Waals surface area contributed by atoms with Gasteiger partial charge in [-0.25, -0.2) is 9.18 Å². The fraction of sp³-hybridized carbons (Fsp3) is 0. The average molecular weight is 246 g/mol. The molecule has 92 valence electrons. The molecule has 1 aromatic carbocycles. The van der Waals surface area contributed by atoms with E-state index < -0.39 is 6.03 Å². The Kier molecular flexibility index (Phi) is 3.76. The third-order valence-electron chi connectivity index (χ3n) is 2.11. The van der Waals surface area contributed by atoms with Crippen molar-refractivity contribution >= 4 is 17.8 Å². The molecule has 0 radical (unpaired) electrons. The molecule has 0 saturated heterocycles. The van der Waals surface area contributed by atoms with Crippen LogP contribution in [0.2, 0.25) is 0 Å². The van der Waals surface area contributed by atoms with Crippen LogP contribution in [0.3, 0.4) is 0 Å². The monoisotopic (exact) mass is 246 g/mol. The number of carbonyl (C=O) groups is 1. The first-order valence-electron chi connectivity index (χ1n) is 5.27. The summed E-state index contributed by atoms with van der Waals surface area (Å²) >= 11 is 0. The fourth-order valence-corrected chi connectivity index (χ4v) is 1.29. The molecule has 2 amide bonds. The van der Waals surface area contributed by atoms with Crippen molar-refractivity contribution in [1.82, 2.24) is 5.32 Å². The van der Waals surface area contributed by atoms with E-state index in [-0.39, 0.29) is 5.82 Å². The maximum atomic E-state index is 12.6. The second kappa shape index (κ2) is 5.67. The van der Waals surface area contributed by atoms with E-state index in [4.69, 9.17) is 4.42 Å². The van der Waals surface area contributed by atoms with Crippen molar-refractivity contribution in [3.8, 4) is 0 Å². The van der Waals surface area contributed by atoms with E-state index in [1.807, 2.05) is 0 Å². The minimum atomic E-state index is -0.413. The predicted molar refractivity (Wildman–Crippen MR) is 66.3 cm³/mol. The molecular weight excluding hydrogens is 235 g/mol. The van der Waals surface area contributed by atoms with Gasteiger partial charge in [0.25, 0.3) is 0 Å². The van der Waals surface area contributed by atoms with Crippen LogP contribution in [-0.2, 0) is 0 Å². The molecule has 0 aliphatic carbocycles. The topological polar surface area (TPSA) is 54.3 Å². The molecule has 5 heteroatoms. The molecule has 1 aromatic heterocycles. The van der Waals surface area contributed by atoms with E-state index in [2.05, 4.69) is 10.6 Å². The summed E-state index contributed by atoms with van der Waals surface area (Å²) in [6.45, 7) is 0. The normalized spacial score (nSPS) is 10.5. The van der Waals surface area contributed by atoms with Gasteiger partial charge in [-0.1, -0.05) is 0 Å². The minimum absolute atomic E-state index is 0.348. The number of hydrogen-bond donors (Lipinski definition) is 2. The third-order valence-corrected chi connectivity index (χ3v) is 2.11. The number of amides is 2. The Morgan fingerprint density at radius 1 is 1.22 bits per heavy atom. The molecule has 0 fully saturated rings. The number of anilines is 1. The molecule has 0 saturated carbocycles. The van der Waals surface area contributed by atoms with Crippen LogP contribution in [0, 0.1) is 5.82 Å². The van der Waals surface area contributed by atoms with Gasteiger partial charge in [-0.15, -0.1) is 0 Å². The van der Waals surface area contributed by atoms with Crippen LogP contribution in [0.5, 0.6) is 0 Å². The summed E-state index contributed by atoms with van der Waals surface area (Å²) in [5.41, 5.74) is 0.514. The van der Waals surface area contributed by atoms with Gasteiger partial charge in [0.2, 0.25) is 0 Å². The Morgan fingerprint density at radius 3 is 2.67 bits per heavy atom. The summed E-state index contributed by atoms with van der Waals surface area (Å²) in [5, 5.41) is 5.05. The van der Waals surface area contributed by atoms with Gasteiger partial charge >= 0.3 is 6.03 Å². The van der Waals surface area contributed by atoms with Crippen LogP contribution in [0.4, 0.5) is 14.9 Å². The second-order valence-electron chi connectivity index (χ2n) is 3.45. The fourth-order valence-electron chi connectivity index (χ4n) is 1.29. The molecule has 2 N–H and O–H groups in total. The second-order valence-corrected chi connectivity index (χ2v) is 3.45. The number of benzene rings is 1. The molecule has 0 bridgehead atoms. The maximum Gasteiger partial charge on any atom is 0.323 e. The predicted octanol–water partition coefficient (Wildman–Crippen LogP) is 3.21. The van der Waals surface area contributed by atoms with Crippen molar-refractivity contribution < 1.29 is 13.6 Å². The summed E-state index contributed by atoms with van der Waals surface area (Å²) in [6, 6.07) is 8.59. The molecule has 18 heavy (non-hydrogen) atoms. The standard InChI is InChI=1S/C13H11FN2O2/c14-10-3-5-11(6-4-10)16-13(17)15-8-7-12-2-1-9-18-12/h1-9H,(H2,15,16,17)/b8-7+. The van der Waals surface area contributed by atoms with Crippen LogP contribution in [0.25, 0.3) is 6.08 Å². The first-order chi connectivity index (χ1) is 8.74. The van der Waals surface area contributed by atoms with E-state index in [9.17, 15) is 9.18 Å². The van der Waals surface area contributed by atoms with Crippen molar-refractivity contribution in [2.75, 3.05) is 5.32 Å². The van der Waals surface area contributed by atoms with Gasteiger partial charge in [0.15, 0.2) is 0 Å². The van der Waals surface area contributed by atoms with Gasteiger partial charge in [0.05, 0.1) is 6.26 Å². The van der Waals surface area contributed by atoms with E-state index in [0.717, 1.165) is 0 Å².